The SMILES string of the molecule is CCCn1nnnc1CN1CCC[C@H](COc2ccccc2)C1. The molecule has 3 rings (SSSR count). The van der Waals surface area contributed by atoms with Crippen LogP contribution in [0.5, 0.6) is 5.75 Å². The smallest absolute Gasteiger partial charge is 0.165 e. The number of aryl methyl sites for hydroxylation is 1. The number of ether oxygens (including phenoxy) is 1. The second-order valence-electron chi connectivity index (χ2n) is 6.19. The zero-order chi connectivity index (χ0) is 15.9. The van der Waals surface area contributed by atoms with Crippen LogP contribution in [-0.2, 0) is 13.1 Å². The number of piperidine rings is 1. The molecule has 0 aliphatic carbocycles. The molecule has 1 aromatic heterocycles. The average molecular weight is 315 g/mol. The first kappa shape index (κ1) is 15.9. The van der Waals surface area contributed by atoms with Crippen LogP contribution >= 0.6 is 0 Å². The summed E-state index contributed by atoms with van der Waals surface area (Å²) in [5, 5.41) is 12.1. The van der Waals surface area contributed by atoms with Gasteiger partial charge in [0, 0.05) is 19.0 Å². The lowest BCUT2D eigenvalue weighted by Crippen LogP contribution is -2.38. The lowest BCUT2D eigenvalue weighted by molar-refractivity contribution is 0.121. The number of nitrogens with zero attached hydrogens (tertiary/aromatic N) is 5. The van der Waals surface area contributed by atoms with Gasteiger partial charge in [0.1, 0.15) is 5.75 Å². The minimum Gasteiger partial charge on any atom is -0.493 e. The van der Waals surface area contributed by atoms with Gasteiger partial charge in [-0.15, -0.1) is 5.10 Å². The van der Waals surface area contributed by atoms with Crippen LogP contribution in [0.25, 0.3) is 0 Å². The number of rotatable bonds is 7. The van der Waals surface area contributed by atoms with Crippen LogP contribution in [0.4, 0.5) is 0 Å². The highest BCUT2D eigenvalue weighted by Gasteiger charge is 2.22. The molecule has 1 atom stereocenters. The third-order valence-electron chi connectivity index (χ3n) is 4.24. The highest BCUT2D eigenvalue weighted by atomic mass is 16.5. The van der Waals surface area contributed by atoms with Gasteiger partial charge in [-0.1, -0.05) is 25.1 Å². The Kier molecular flexibility index (Phi) is 5.58. The first-order chi connectivity index (χ1) is 11.3. The fourth-order valence-electron chi connectivity index (χ4n) is 3.08. The zero-order valence-electron chi connectivity index (χ0n) is 13.8. The van der Waals surface area contributed by atoms with Crippen molar-refractivity contribution in [2.75, 3.05) is 19.7 Å². The molecule has 0 radical (unpaired) electrons. The highest BCUT2D eigenvalue weighted by Crippen LogP contribution is 2.19. The summed E-state index contributed by atoms with van der Waals surface area (Å²) in [5.74, 6) is 2.49. The monoisotopic (exact) mass is 315 g/mol. The molecule has 0 amide bonds. The van der Waals surface area contributed by atoms with Crippen LogP contribution < -0.4 is 4.74 Å². The Morgan fingerprint density at radius 3 is 2.96 bits per heavy atom. The Labute approximate surface area is 137 Å². The summed E-state index contributed by atoms with van der Waals surface area (Å²) in [7, 11) is 0. The summed E-state index contributed by atoms with van der Waals surface area (Å²) in [4.78, 5) is 2.44. The molecule has 124 valence electrons. The Balaban J connectivity index is 1.50. The number of para-hydroxylation sites is 1. The minimum absolute atomic E-state index is 0.569. The molecule has 0 N–H and O–H groups in total. The number of likely N-dealkylation sites (tertiary alicyclic amines) is 1. The first-order valence-electron chi connectivity index (χ1n) is 8.50. The van der Waals surface area contributed by atoms with E-state index < -0.39 is 0 Å². The second-order valence-corrected chi connectivity index (χ2v) is 6.19. The molecular weight excluding hydrogens is 290 g/mol. The highest BCUT2D eigenvalue weighted by molar-refractivity contribution is 5.20. The molecule has 1 aromatic carbocycles. The Hall–Kier alpha value is -1.95. The van der Waals surface area contributed by atoms with Crippen molar-refractivity contribution in [3.8, 4) is 5.75 Å². The molecule has 6 heteroatoms. The Bertz CT molecular complexity index is 586. The molecule has 1 aliphatic rings. The van der Waals surface area contributed by atoms with Crippen molar-refractivity contribution in [2.45, 2.75) is 39.3 Å². The third-order valence-corrected chi connectivity index (χ3v) is 4.24. The van der Waals surface area contributed by atoms with E-state index in [1.165, 1.54) is 12.8 Å². The predicted molar refractivity (Wildman–Crippen MR) is 88.0 cm³/mol. The number of benzene rings is 1. The van der Waals surface area contributed by atoms with E-state index >= 15 is 0 Å². The molecule has 2 aromatic rings. The van der Waals surface area contributed by atoms with E-state index in [1.54, 1.807) is 0 Å². The van der Waals surface area contributed by atoms with E-state index in [9.17, 15) is 0 Å². The van der Waals surface area contributed by atoms with Crippen molar-refractivity contribution >= 4 is 0 Å². The van der Waals surface area contributed by atoms with Gasteiger partial charge in [-0.2, -0.15) is 0 Å². The fraction of sp³-hybridized carbons (Fsp3) is 0.588. The lowest BCUT2D eigenvalue weighted by atomic mass is 9.99. The van der Waals surface area contributed by atoms with Gasteiger partial charge in [0.2, 0.25) is 0 Å². The normalized spacial score (nSPS) is 18.9. The maximum atomic E-state index is 5.92. The van der Waals surface area contributed by atoms with Crippen molar-refractivity contribution in [3.05, 3.63) is 36.2 Å². The van der Waals surface area contributed by atoms with Gasteiger partial charge < -0.3 is 4.74 Å². The summed E-state index contributed by atoms with van der Waals surface area (Å²) in [6, 6.07) is 10.1. The lowest BCUT2D eigenvalue weighted by Gasteiger charge is -2.32. The zero-order valence-corrected chi connectivity index (χ0v) is 13.8. The van der Waals surface area contributed by atoms with Gasteiger partial charge in [0.15, 0.2) is 5.82 Å². The van der Waals surface area contributed by atoms with E-state index in [1.807, 2.05) is 35.0 Å². The summed E-state index contributed by atoms with van der Waals surface area (Å²) >= 11 is 0. The molecule has 23 heavy (non-hydrogen) atoms. The second kappa shape index (κ2) is 8.06. The maximum Gasteiger partial charge on any atom is 0.165 e. The van der Waals surface area contributed by atoms with Crippen molar-refractivity contribution < 1.29 is 4.74 Å². The molecule has 6 nitrogen and oxygen atoms in total. The van der Waals surface area contributed by atoms with Gasteiger partial charge in [0.05, 0.1) is 13.2 Å². The van der Waals surface area contributed by atoms with Crippen LogP contribution in [0.15, 0.2) is 30.3 Å². The van der Waals surface area contributed by atoms with Crippen molar-refractivity contribution in [1.29, 1.82) is 0 Å². The molecular formula is C17H25N5O. The van der Waals surface area contributed by atoms with Gasteiger partial charge in [-0.05, 0) is 48.4 Å². The van der Waals surface area contributed by atoms with Crippen LogP contribution in [0.1, 0.15) is 32.0 Å². The topological polar surface area (TPSA) is 56.1 Å². The standard InChI is InChI=1S/C17H25N5O/c1-2-10-22-17(18-19-20-22)13-21-11-6-7-15(12-21)14-23-16-8-4-3-5-9-16/h3-5,8-9,15H,2,6-7,10-14H2,1H3/t15-/m0/s1. The summed E-state index contributed by atoms with van der Waals surface area (Å²) < 4.78 is 7.84. The molecule has 1 fully saturated rings. The molecule has 0 unspecified atom stereocenters. The van der Waals surface area contributed by atoms with Crippen molar-refractivity contribution in [1.82, 2.24) is 25.1 Å². The quantitative estimate of drug-likeness (QED) is 0.785. The van der Waals surface area contributed by atoms with Gasteiger partial charge in [-0.3, -0.25) is 4.90 Å². The number of tetrazole rings is 1. The largest absolute Gasteiger partial charge is 0.493 e. The van der Waals surface area contributed by atoms with E-state index in [-0.39, 0.29) is 0 Å². The van der Waals surface area contributed by atoms with Crippen LogP contribution in [-0.4, -0.2) is 44.8 Å². The molecule has 0 saturated carbocycles. The van der Waals surface area contributed by atoms with Crippen molar-refractivity contribution in [2.24, 2.45) is 5.92 Å². The molecule has 0 bridgehead atoms. The van der Waals surface area contributed by atoms with Gasteiger partial charge in [-0.25, -0.2) is 4.68 Å². The number of hydrogen-bond donors (Lipinski definition) is 0. The van der Waals surface area contributed by atoms with E-state index in [0.29, 0.717) is 5.92 Å². The van der Waals surface area contributed by atoms with E-state index in [2.05, 4.69) is 27.3 Å². The number of hydrogen-bond acceptors (Lipinski definition) is 5. The van der Waals surface area contributed by atoms with Crippen molar-refractivity contribution in [3.63, 3.8) is 0 Å². The molecule has 2 heterocycles. The van der Waals surface area contributed by atoms with Crippen LogP contribution in [0.2, 0.25) is 0 Å². The fourth-order valence-corrected chi connectivity index (χ4v) is 3.08. The molecule has 0 spiro atoms. The minimum atomic E-state index is 0.569. The predicted octanol–water partition coefficient (Wildman–Crippen LogP) is 2.37. The van der Waals surface area contributed by atoms with E-state index in [4.69, 9.17) is 4.74 Å². The molecule has 1 saturated heterocycles. The first-order valence-corrected chi connectivity index (χ1v) is 8.50. The van der Waals surface area contributed by atoms with Gasteiger partial charge in [0.25, 0.3) is 0 Å². The maximum absolute atomic E-state index is 5.92. The summed E-state index contributed by atoms with van der Waals surface area (Å²) in [6.45, 7) is 6.79. The van der Waals surface area contributed by atoms with Crippen LogP contribution in [0, 0.1) is 5.92 Å². The summed E-state index contributed by atoms with van der Waals surface area (Å²) in [5.41, 5.74) is 0. The van der Waals surface area contributed by atoms with Gasteiger partial charge >= 0.3 is 0 Å². The molecule has 1 aliphatic heterocycles. The Morgan fingerprint density at radius 2 is 2.13 bits per heavy atom. The Morgan fingerprint density at radius 1 is 1.26 bits per heavy atom. The summed E-state index contributed by atoms with van der Waals surface area (Å²) in [6.07, 6.45) is 3.48. The van der Waals surface area contributed by atoms with E-state index in [0.717, 1.165) is 50.8 Å². The number of aromatic nitrogens is 4. The average Bonchev–Trinajstić information content (AvgIpc) is 3.02. The van der Waals surface area contributed by atoms with Crippen LogP contribution in [0.3, 0.4) is 0 Å². The third kappa shape index (κ3) is 4.51.